The van der Waals surface area contributed by atoms with Crippen molar-refractivity contribution >= 4 is 22.7 Å². The molecule has 2 fully saturated rings. The zero-order valence-corrected chi connectivity index (χ0v) is 25.4. The van der Waals surface area contributed by atoms with E-state index in [9.17, 15) is 22.8 Å². The molecule has 0 unspecified atom stereocenters. The summed E-state index contributed by atoms with van der Waals surface area (Å²) in [6, 6.07) is 14.7. The molecule has 0 bridgehead atoms. The number of carbonyl (C=O) groups excluding carboxylic acids is 2. The first kappa shape index (κ1) is 31.6. The van der Waals surface area contributed by atoms with Gasteiger partial charge in [-0.2, -0.15) is 18.3 Å². The molecule has 1 atom stereocenters. The number of piperidine rings is 1. The molecule has 46 heavy (non-hydrogen) atoms. The summed E-state index contributed by atoms with van der Waals surface area (Å²) in [5.41, 5.74) is 2.08. The van der Waals surface area contributed by atoms with Crippen LogP contribution in [0.15, 0.2) is 66.9 Å². The smallest absolute Gasteiger partial charge is 0.416 e. The van der Waals surface area contributed by atoms with Crippen LogP contribution in [0.1, 0.15) is 44.7 Å². The number of amides is 2. The number of likely N-dealkylation sites (tertiary alicyclic amines) is 1. The van der Waals surface area contributed by atoms with Crippen LogP contribution in [0.5, 0.6) is 11.5 Å². The van der Waals surface area contributed by atoms with Gasteiger partial charge in [-0.3, -0.25) is 14.3 Å². The molecule has 3 heterocycles. The molecule has 9 nitrogen and oxygen atoms in total. The number of nitrogens with zero attached hydrogens (tertiary/aromatic N) is 3. The van der Waals surface area contributed by atoms with Gasteiger partial charge in [0, 0.05) is 48.9 Å². The molecular weight excluding hydrogens is 601 g/mol. The van der Waals surface area contributed by atoms with Gasteiger partial charge in [0.05, 0.1) is 37.0 Å². The lowest BCUT2D eigenvalue weighted by Crippen LogP contribution is -2.39. The second-order valence-corrected chi connectivity index (χ2v) is 11.7. The van der Waals surface area contributed by atoms with Gasteiger partial charge >= 0.3 is 6.18 Å². The third-order valence-electron chi connectivity index (χ3n) is 8.49. The molecule has 0 aliphatic carbocycles. The molecule has 0 radical (unpaired) electrons. The minimum absolute atomic E-state index is 0.0756. The molecule has 6 rings (SSSR count). The van der Waals surface area contributed by atoms with Crippen LogP contribution in [0.3, 0.4) is 0 Å². The second-order valence-electron chi connectivity index (χ2n) is 11.7. The van der Waals surface area contributed by atoms with Crippen molar-refractivity contribution < 1.29 is 37.0 Å². The third kappa shape index (κ3) is 7.34. The van der Waals surface area contributed by atoms with E-state index in [-0.39, 0.29) is 23.7 Å². The number of carbonyl (C=O) groups is 2. The average Bonchev–Trinajstić information content (AvgIpc) is 3.48. The number of nitrogens with one attached hydrogen (secondary N) is 1. The van der Waals surface area contributed by atoms with Crippen molar-refractivity contribution in [3.63, 3.8) is 0 Å². The Balaban J connectivity index is 1.00. The Morgan fingerprint density at radius 3 is 2.33 bits per heavy atom. The van der Waals surface area contributed by atoms with Gasteiger partial charge in [0.2, 0.25) is 0 Å². The van der Waals surface area contributed by atoms with Crippen LogP contribution in [0, 0.1) is 12.8 Å². The predicted molar refractivity (Wildman–Crippen MR) is 164 cm³/mol. The lowest BCUT2D eigenvalue weighted by atomic mass is 9.96. The summed E-state index contributed by atoms with van der Waals surface area (Å²) >= 11 is 0. The van der Waals surface area contributed by atoms with Gasteiger partial charge in [-0.1, -0.05) is 0 Å². The van der Waals surface area contributed by atoms with E-state index in [1.165, 1.54) is 12.1 Å². The molecule has 2 aliphatic rings. The van der Waals surface area contributed by atoms with Crippen molar-refractivity contribution in [1.29, 1.82) is 0 Å². The molecule has 1 aromatic heterocycles. The monoisotopic (exact) mass is 636 g/mol. The van der Waals surface area contributed by atoms with Gasteiger partial charge in [-0.05, 0) is 91.9 Å². The Morgan fingerprint density at radius 1 is 0.978 bits per heavy atom. The summed E-state index contributed by atoms with van der Waals surface area (Å²) in [5.74, 6) is 0.817. The minimum Gasteiger partial charge on any atom is -0.457 e. The molecule has 242 valence electrons. The van der Waals surface area contributed by atoms with Gasteiger partial charge in [0.25, 0.3) is 11.8 Å². The largest absolute Gasteiger partial charge is 0.457 e. The van der Waals surface area contributed by atoms with E-state index < -0.39 is 11.7 Å². The van der Waals surface area contributed by atoms with Crippen LogP contribution in [0.25, 0.3) is 10.9 Å². The normalized spacial score (nSPS) is 17.7. The van der Waals surface area contributed by atoms with E-state index in [1.807, 2.05) is 28.8 Å². The zero-order valence-electron chi connectivity index (χ0n) is 25.4. The number of hydrogen-bond acceptors (Lipinski definition) is 6. The van der Waals surface area contributed by atoms with Crippen molar-refractivity contribution in [3.05, 3.63) is 89.1 Å². The fourth-order valence-electron chi connectivity index (χ4n) is 5.86. The highest BCUT2D eigenvalue weighted by molar-refractivity contribution is 6.00. The highest BCUT2D eigenvalue weighted by Crippen LogP contribution is 2.32. The summed E-state index contributed by atoms with van der Waals surface area (Å²) in [4.78, 5) is 27.9. The van der Waals surface area contributed by atoms with Crippen LogP contribution in [-0.2, 0) is 22.2 Å². The highest BCUT2D eigenvalue weighted by Gasteiger charge is 2.30. The van der Waals surface area contributed by atoms with Crippen LogP contribution < -0.4 is 10.1 Å². The molecule has 0 saturated carbocycles. The Labute approximate surface area is 264 Å². The van der Waals surface area contributed by atoms with Crippen LogP contribution >= 0.6 is 0 Å². The maximum atomic E-state index is 13.2. The van der Waals surface area contributed by atoms with Crippen molar-refractivity contribution in [2.24, 2.45) is 5.92 Å². The Kier molecular flexibility index (Phi) is 9.27. The number of alkyl halides is 3. The topological polar surface area (TPSA) is 94.9 Å². The molecule has 12 heteroatoms. The molecule has 1 N–H and O–H groups in total. The van der Waals surface area contributed by atoms with E-state index in [0.29, 0.717) is 68.8 Å². The fourth-order valence-corrected chi connectivity index (χ4v) is 5.86. The summed E-state index contributed by atoms with van der Waals surface area (Å²) in [6.45, 7) is 5.85. The van der Waals surface area contributed by atoms with Crippen molar-refractivity contribution in [3.8, 4) is 11.5 Å². The van der Waals surface area contributed by atoms with Crippen molar-refractivity contribution in [2.75, 3.05) is 39.5 Å². The average molecular weight is 637 g/mol. The maximum Gasteiger partial charge on any atom is 0.416 e. The first-order valence-corrected chi connectivity index (χ1v) is 15.3. The molecule has 2 saturated heterocycles. The molecular formula is C34H35F3N4O5. The number of aromatic nitrogens is 2. The van der Waals surface area contributed by atoms with Gasteiger partial charge in [-0.15, -0.1) is 0 Å². The number of ether oxygens (including phenoxy) is 3. The Bertz CT molecular complexity index is 1670. The van der Waals surface area contributed by atoms with Gasteiger partial charge in [0.1, 0.15) is 11.5 Å². The van der Waals surface area contributed by atoms with Crippen molar-refractivity contribution in [2.45, 2.75) is 38.6 Å². The van der Waals surface area contributed by atoms with Gasteiger partial charge in [-0.25, -0.2) is 0 Å². The maximum absolute atomic E-state index is 13.2. The quantitative estimate of drug-likeness (QED) is 0.261. The van der Waals surface area contributed by atoms with E-state index >= 15 is 0 Å². The van der Waals surface area contributed by atoms with Gasteiger partial charge in [0.15, 0.2) is 0 Å². The van der Waals surface area contributed by atoms with Crippen molar-refractivity contribution in [1.82, 2.24) is 20.0 Å². The van der Waals surface area contributed by atoms with E-state index in [4.69, 9.17) is 19.3 Å². The first-order valence-electron chi connectivity index (χ1n) is 15.3. The molecule has 3 aromatic carbocycles. The summed E-state index contributed by atoms with van der Waals surface area (Å²) < 4.78 is 57.0. The molecule has 0 spiro atoms. The number of fused-ring (bicyclic) bond motifs is 1. The first-order chi connectivity index (χ1) is 22.1. The minimum atomic E-state index is -4.41. The highest BCUT2D eigenvalue weighted by atomic mass is 19.4. The SMILES string of the molecule is Cc1c(C(=O)NC[C@@H]2COCCO2)ccc2nn(CC3CCN(C(=O)c4ccc(Oc5ccc(C(F)(F)F)cc5)cc4)CC3)cc12. The number of rotatable bonds is 8. The number of benzene rings is 3. The Morgan fingerprint density at radius 2 is 1.67 bits per heavy atom. The molecule has 4 aromatic rings. The number of halogens is 3. The van der Waals surface area contributed by atoms with Crippen LogP contribution in [-0.4, -0.2) is 72.1 Å². The molecule has 2 amide bonds. The van der Waals surface area contributed by atoms with Crippen LogP contribution in [0.4, 0.5) is 13.2 Å². The summed E-state index contributed by atoms with van der Waals surface area (Å²) in [6.07, 6.45) is -0.900. The predicted octanol–water partition coefficient (Wildman–Crippen LogP) is 5.85. The summed E-state index contributed by atoms with van der Waals surface area (Å²) in [5, 5.41) is 8.63. The van der Waals surface area contributed by atoms with Gasteiger partial charge < -0.3 is 24.4 Å². The Hall–Kier alpha value is -4.42. The summed E-state index contributed by atoms with van der Waals surface area (Å²) in [7, 11) is 0. The van der Waals surface area contributed by atoms with Crippen LogP contribution in [0.2, 0.25) is 0 Å². The van der Waals surface area contributed by atoms with E-state index in [2.05, 4.69) is 5.32 Å². The van der Waals surface area contributed by atoms with E-state index in [0.717, 1.165) is 41.4 Å². The zero-order chi connectivity index (χ0) is 32.3. The molecule has 2 aliphatic heterocycles. The number of aryl methyl sites for hydroxylation is 1. The third-order valence-corrected chi connectivity index (χ3v) is 8.49. The van der Waals surface area contributed by atoms with E-state index in [1.54, 1.807) is 30.3 Å². The standard InChI is InChI=1S/C34H35F3N4O5/c1-22-29(32(42)38-18-28-21-44-16-17-45-28)10-11-31-30(22)20-41(39-31)19-23-12-14-40(15-13-23)33(43)24-2-6-26(7-3-24)46-27-8-4-25(5-9-27)34(35,36)37/h2-11,20,23,28H,12-19,21H2,1H3,(H,38,42)/t28-/m1/s1. The lowest BCUT2D eigenvalue weighted by Gasteiger charge is -2.32. The second kappa shape index (κ2) is 13.5. The fraction of sp³-hybridized carbons (Fsp3) is 0.382. The number of hydrogen-bond donors (Lipinski definition) is 1. The lowest BCUT2D eigenvalue weighted by molar-refractivity contribution is -0.137.